The standard InChI is InChI=1S/C30H43F3N4O3/c1-21(2)37-28(39)36(19-22-11-15-40-16-12-22)20-29(37)17-24-9-6-13-35(26(24)18-29)14-10-25(23-7-4-3-5-8-23)34-27(38)30(31,32)33/h3-5,7-8,21-22,24-26H,6,9-20H2,1-2H3,(H,34,38)/t24?,25-,26?,29?/m0/s1. The van der Waals surface area contributed by atoms with E-state index in [0.717, 1.165) is 71.4 Å². The van der Waals surface area contributed by atoms with E-state index in [9.17, 15) is 22.8 Å². The van der Waals surface area contributed by atoms with Gasteiger partial charge in [-0.25, -0.2) is 4.79 Å². The molecule has 0 bridgehead atoms. The number of carbonyl (C=O) groups excluding carboxylic acids is 2. The maximum atomic E-state index is 13.7. The number of urea groups is 1. The molecule has 3 amide bonds. The number of rotatable bonds is 8. The van der Waals surface area contributed by atoms with Gasteiger partial charge in [-0.15, -0.1) is 0 Å². The average molecular weight is 565 g/mol. The second-order valence-corrected chi connectivity index (χ2v) is 12.5. The van der Waals surface area contributed by atoms with Gasteiger partial charge in [-0.1, -0.05) is 30.3 Å². The van der Waals surface area contributed by atoms with Crippen LogP contribution in [0.15, 0.2) is 30.3 Å². The van der Waals surface area contributed by atoms with E-state index in [1.807, 2.05) is 6.07 Å². The molecule has 3 heterocycles. The molecule has 1 spiro atoms. The highest BCUT2D eigenvalue weighted by Crippen LogP contribution is 2.49. The minimum atomic E-state index is -4.92. The third-order valence-corrected chi connectivity index (χ3v) is 9.54. The van der Waals surface area contributed by atoms with Gasteiger partial charge in [0.05, 0.1) is 11.6 Å². The van der Waals surface area contributed by atoms with Crippen LogP contribution in [-0.2, 0) is 9.53 Å². The Bertz CT molecular complexity index is 1030. The summed E-state index contributed by atoms with van der Waals surface area (Å²) < 4.78 is 44.9. The molecule has 3 aliphatic heterocycles. The zero-order valence-corrected chi connectivity index (χ0v) is 23.7. The van der Waals surface area contributed by atoms with E-state index in [-0.39, 0.29) is 23.7 Å². The van der Waals surface area contributed by atoms with Gasteiger partial charge in [0, 0.05) is 44.9 Å². The van der Waals surface area contributed by atoms with Gasteiger partial charge in [0.2, 0.25) is 0 Å². The lowest BCUT2D eigenvalue weighted by Gasteiger charge is -2.39. The monoisotopic (exact) mass is 564 g/mol. The van der Waals surface area contributed by atoms with Gasteiger partial charge < -0.3 is 19.9 Å². The Hall–Kier alpha value is -2.33. The van der Waals surface area contributed by atoms with Crippen LogP contribution in [0.25, 0.3) is 0 Å². The van der Waals surface area contributed by atoms with Crippen molar-refractivity contribution in [2.45, 2.75) is 88.6 Å². The SMILES string of the molecule is CC(C)N1C(=O)N(CC2CCOCC2)CC12CC1CCCN(CC[C@H](NC(=O)C(F)(F)F)c3ccccc3)C1C2. The number of ether oxygens (including phenoxy) is 1. The Morgan fingerprint density at radius 2 is 1.85 bits per heavy atom. The summed E-state index contributed by atoms with van der Waals surface area (Å²) in [5, 5.41) is 2.23. The van der Waals surface area contributed by atoms with Crippen molar-refractivity contribution in [3.05, 3.63) is 35.9 Å². The van der Waals surface area contributed by atoms with Gasteiger partial charge in [0.1, 0.15) is 0 Å². The van der Waals surface area contributed by atoms with Crippen molar-refractivity contribution < 1.29 is 27.5 Å². The lowest BCUT2D eigenvalue weighted by Crippen LogP contribution is -2.50. The number of piperidine rings is 1. The van der Waals surface area contributed by atoms with Gasteiger partial charge in [0.25, 0.3) is 0 Å². The maximum Gasteiger partial charge on any atom is 0.471 e. The topological polar surface area (TPSA) is 65.1 Å². The number of benzene rings is 1. The number of alkyl halides is 3. The molecule has 222 valence electrons. The molecular weight excluding hydrogens is 521 g/mol. The number of hydrogen-bond donors (Lipinski definition) is 1. The van der Waals surface area contributed by atoms with E-state index in [1.165, 1.54) is 0 Å². The molecule has 10 heteroatoms. The molecule has 1 aromatic rings. The first kappa shape index (κ1) is 29.2. The zero-order chi connectivity index (χ0) is 28.5. The summed E-state index contributed by atoms with van der Waals surface area (Å²) in [5.41, 5.74) is 0.463. The highest BCUT2D eigenvalue weighted by Gasteiger charge is 2.58. The summed E-state index contributed by atoms with van der Waals surface area (Å²) in [6, 6.07) is 8.71. The number of nitrogens with one attached hydrogen (secondary N) is 1. The van der Waals surface area contributed by atoms with Crippen molar-refractivity contribution >= 4 is 11.9 Å². The van der Waals surface area contributed by atoms with Crippen LogP contribution in [0.2, 0.25) is 0 Å². The van der Waals surface area contributed by atoms with E-state index in [2.05, 4.69) is 33.9 Å². The molecule has 3 unspecified atom stereocenters. The van der Waals surface area contributed by atoms with Crippen molar-refractivity contribution in [1.82, 2.24) is 20.0 Å². The van der Waals surface area contributed by atoms with Crippen LogP contribution in [0.4, 0.5) is 18.0 Å². The molecule has 1 aliphatic carbocycles. The predicted octanol–water partition coefficient (Wildman–Crippen LogP) is 4.98. The molecule has 40 heavy (non-hydrogen) atoms. The number of fused-ring (bicyclic) bond motifs is 1. The largest absolute Gasteiger partial charge is 0.471 e. The number of carbonyl (C=O) groups is 2. The summed E-state index contributed by atoms with van der Waals surface area (Å²) in [7, 11) is 0. The van der Waals surface area contributed by atoms with Crippen LogP contribution in [0.3, 0.4) is 0 Å². The lowest BCUT2D eigenvalue weighted by molar-refractivity contribution is -0.174. The van der Waals surface area contributed by atoms with Gasteiger partial charge in [-0.05, 0) is 82.7 Å². The number of likely N-dealkylation sites (tertiary alicyclic amines) is 1. The van der Waals surface area contributed by atoms with Crippen LogP contribution < -0.4 is 5.32 Å². The molecule has 3 saturated heterocycles. The number of nitrogens with zero attached hydrogens (tertiary/aromatic N) is 3. The van der Waals surface area contributed by atoms with E-state index in [0.29, 0.717) is 30.4 Å². The number of halogens is 3. The fourth-order valence-corrected chi connectivity index (χ4v) is 7.86. The fraction of sp³-hybridized carbons (Fsp3) is 0.733. The quantitative estimate of drug-likeness (QED) is 0.484. The van der Waals surface area contributed by atoms with Crippen LogP contribution in [0.1, 0.15) is 70.4 Å². The molecule has 7 nitrogen and oxygen atoms in total. The van der Waals surface area contributed by atoms with E-state index in [1.54, 1.807) is 24.3 Å². The Morgan fingerprint density at radius 3 is 2.52 bits per heavy atom. The molecule has 0 aromatic heterocycles. The third-order valence-electron chi connectivity index (χ3n) is 9.54. The molecule has 5 rings (SSSR count). The Kier molecular flexibility index (Phi) is 8.66. The fourth-order valence-electron chi connectivity index (χ4n) is 7.86. The highest BCUT2D eigenvalue weighted by molar-refractivity contribution is 5.82. The van der Waals surface area contributed by atoms with E-state index in [4.69, 9.17) is 4.74 Å². The molecule has 4 fully saturated rings. The average Bonchev–Trinajstić information content (AvgIpc) is 3.42. The summed E-state index contributed by atoms with van der Waals surface area (Å²) in [6.45, 7) is 8.73. The van der Waals surface area contributed by atoms with Gasteiger partial charge in [0.15, 0.2) is 0 Å². The van der Waals surface area contributed by atoms with Crippen LogP contribution in [0.5, 0.6) is 0 Å². The predicted molar refractivity (Wildman–Crippen MR) is 146 cm³/mol. The normalized spacial score (nSPS) is 28.9. The van der Waals surface area contributed by atoms with Gasteiger partial charge in [-0.2, -0.15) is 13.2 Å². The van der Waals surface area contributed by atoms with Crippen LogP contribution in [-0.4, -0.2) is 89.8 Å². The molecule has 4 atom stereocenters. The second kappa shape index (κ2) is 11.9. The Labute approximate surface area is 235 Å². The first-order valence-corrected chi connectivity index (χ1v) is 14.9. The first-order chi connectivity index (χ1) is 19.1. The molecular formula is C30H43F3N4O3. The van der Waals surface area contributed by atoms with Crippen molar-refractivity contribution in [2.75, 3.05) is 39.4 Å². The summed E-state index contributed by atoms with van der Waals surface area (Å²) in [4.78, 5) is 32.2. The van der Waals surface area contributed by atoms with E-state index < -0.39 is 18.1 Å². The molecule has 1 N–H and O–H groups in total. The van der Waals surface area contributed by atoms with Crippen molar-refractivity contribution in [3.63, 3.8) is 0 Å². The Morgan fingerprint density at radius 1 is 1.12 bits per heavy atom. The lowest BCUT2D eigenvalue weighted by atomic mass is 9.90. The molecule has 0 radical (unpaired) electrons. The molecule has 4 aliphatic rings. The zero-order valence-electron chi connectivity index (χ0n) is 23.7. The Balaban J connectivity index is 1.29. The number of amides is 3. The first-order valence-electron chi connectivity index (χ1n) is 14.9. The third kappa shape index (κ3) is 6.12. The maximum absolute atomic E-state index is 13.7. The van der Waals surface area contributed by atoms with Crippen molar-refractivity contribution in [2.24, 2.45) is 11.8 Å². The van der Waals surface area contributed by atoms with Crippen molar-refractivity contribution in [3.8, 4) is 0 Å². The summed E-state index contributed by atoms with van der Waals surface area (Å²) in [5.74, 6) is -0.978. The number of hydrogen-bond acceptors (Lipinski definition) is 4. The van der Waals surface area contributed by atoms with Gasteiger partial charge in [-0.3, -0.25) is 9.69 Å². The van der Waals surface area contributed by atoms with E-state index >= 15 is 0 Å². The minimum Gasteiger partial charge on any atom is -0.381 e. The minimum absolute atomic E-state index is 0.0980. The van der Waals surface area contributed by atoms with Crippen LogP contribution in [0, 0.1) is 11.8 Å². The molecule has 1 saturated carbocycles. The smallest absolute Gasteiger partial charge is 0.381 e. The summed E-state index contributed by atoms with van der Waals surface area (Å²) in [6.07, 6.45) is 1.44. The van der Waals surface area contributed by atoms with Gasteiger partial charge >= 0.3 is 18.1 Å². The molecule has 1 aromatic carbocycles. The highest BCUT2D eigenvalue weighted by atomic mass is 19.4. The summed E-state index contributed by atoms with van der Waals surface area (Å²) >= 11 is 0. The van der Waals surface area contributed by atoms with Crippen LogP contribution >= 0.6 is 0 Å². The second-order valence-electron chi connectivity index (χ2n) is 12.5. The van der Waals surface area contributed by atoms with Crippen molar-refractivity contribution in [1.29, 1.82) is 0 Å².